The molecule has 1 aromatic rings. The molecule has 0 radical (unpaired) electrons. The first-order chi connectivity index (χ1) is 7.70. The van der Waals surface area contributed by atoms with E-state index in [9.17, 15) is 4.39 Å². The van der Waals surface area contributed by atoms with Gasteiger partial charge >= 0.3 is 0 Å². The SMILES string of the molecule is CC1CN(c2ncc(F)cc2CCl)CCS1. The summed E-state index contributed by atoms with van der Waals surface area (Å²) in [6.45, 7) is 4.10. The summed E-state index contributed by atoms with van der Waals surface area (Å²) in [5.74, 6) is 1.91. The Labute approximate surface area is 104 Å². The molecule has 1 saturated heterocycles. The van der Waals surface area contributed by atoms with E-state index in [1.54, 1.807) is 0 Å². The second-order valence-corrected chi connectivity index (χ2v) is 5.71. The number of hydrogen-bond donors (Lipinski definition) is 0. The van der Waals surface area contributed by atoms with Crippen LogP contribution in [0.3, 0.4) is 0 Å². The van der Waals surface area contributed by atoms with Gasteiger partial charge < -0.3 is 4.90 Å². The average Bonchev–Trinajstić information content (AvgIpc) is 2.28. The molecule has 5 heteroatoms. The van der Waals surface area contributed by atoms with Gasteiger partial charge in [0.15, 0.2) is 0 Å². The van der Waals surface area contributed by atoms with Gasteiger partial charge in [-0.05, 0) is 6.07 Å². The van der Waals surface area contributed by atoms with Gasteiger partial charge in [0.05, 0.1) is 12.1 Å². The number of pyridine rings is 1. The fraction of sp³-hybridized carbons (Fsp3) is 0.545. The highest BCUT2D eigenvalue weighted by atomic mass is 35.5. The van der Waals surface area contributed by atoms with Gasteiger partial charge in [-0.25, -0.2) is 9.37 Å². The van der Waals surface area contributed by atoms with Crippen LogP contribution in [0.25, 0.3) is 0 Å². The molecule has 0 aromatic carbocycles. The third-order valence-corrected chi connectivity index (χ3v) is 4.02. The molecule has 2 rings (SSSR count). The molecule has 0 spiro atoms. The molecule has 0 bridgehead atoms. The molecule has 0 N–H and O–H groups in total. The van der Waals surface area contributed by atoms with Crippen molar-refractivity contribution in [3.05, 3.63) is 23.6 Å². The quantitative estimate of drug-likeness (QED) is 0.761. The fourth-order valence-corrected chi connectivity index (χ4v) is 3.08. The lowest BCUT2D eigenvalue weighted by Crippen LogP contribution is -2.37. The van der Waals surface area contributed by atoms with Gasteiger partial charge in [-0.1, -0.05) is 6.92 Å². The zero-order valence-corrected chi connectivity index (χ0v) is 10.7. The van der Waals surface area contributed by atoms with Crippen LogP contribution in [0.2, 0.25) is 0 Å². The zero-order valence-electron chi connectivity index (χ0n) is 9.12. The molecule has 1 aliphatic heterocycles. The first-order valence-electron chi connectivity index (χ1n) is 5.27. The summed E-state index contributed by atoms with van der Waals surface area (Å²) in [6.07, 6.45) is 1.26. The molecule has 16 heavy (non-hydrogen) atoms. The second kappa shape index (κ2) is 5.23. The lowest BCUT2D eigenvalue weighted by atomic mass is 10.2. The van der Waals surface area contributed by atoms with E-state index in [0.717, 1.165) is 30.2 Å². The van der Waals surface area contributed by atoms with Crippen LogP contribution in [0, 0.1) is 5.82 Å². The van der Waals surface area contributed by atoms with E-state index < -0.39 is 0 Å². The number of hydrogen-bond acceptors (Lipinski definition) is 3. The highest BCUT2D eigenvalue weighted by Crippen LogP contribution is 2.26. The monoisotopic (exact) mass is 260 g/mol. The summed E-state index contributed by atoms with van der Waals surface area (Å²) in [5, 5.41) is 0.587. The van der Waals surface area contributed by atoms with E-state index in [1.807, 2.05) is 11.8 Å². The van der Waals surface area contributed by atoms with Gasteiger partial charge in [0.2, 0.25) is 0 Å². The third kappa shape index (κ3) is 2.61. The van der Waals surface area contributed by atoms with Crippen LogP contribution in [0.5, 0.6) is 0 Å². The summed E-state index contributed by atoms with van der Waals surface area (Å²) in [5.41, 5.74) is 0.778. The maximum atomic E-state index is 13.0. The van der Waals surface area contributed by atoms with Crippen LogP contribution >= 0.6 is 23.4 Å². The van der Waals surface area contributed by atoms with Crippen molar-refractivity contribution in [3.8, 4) is 0 Å². The Kier molecular flexibility index (Phi) is 3.92. The van der Waals surface area contributed by atoms with E-state index in [0.29, 0.717) is 11.1 Å². The molecule has 1 aromatic heterocycles. The van der Waals surface area contributed by atoms with Crippen LogP contribution in [0.4, 0.5) is 10.2 Å². The summed E-state index contributed by atoms with van der Waals surface area (Å²) in [6, 6.07) is 1.47. The minimum absolute atomic E-state index is 0.304. The van der Waals surface area contributed by atoms with Gasteiger partial charge in [0.1, 0.15) is 11.6 Å². The highest BCUT2D eigenvalue weighted by molar-refractivity contribution is 8.00. The van der Waals surface area contributed by atoms with Gasteiger partial charge in [0.25, 0.3) is 0 Å². The molecular weight excluding hydrogens is 247 g/mol. The van der Waals surface area contributed by atoms with Crippen molar-refractivity contribution in [2.24, 2.45) is 0 Å². The van der Waals surface area contributed by atoms with Gasteiger partial charge in [-0.3, -0.25) is 0 Å². The van der Waals surface area contributed by atoms with Crippen LogP contribution in [0.15, 0.2) is 12.3 Å². The summed E-state index contributed by atoms with van der Waals surface area (Å²) >= 11 is 7.78. The molecule has 0 aliphatic carbocycles. The van der Waals surface area contributed by atoms with Crippen molar-refractivity contribution in [1.82, 2.24) is 4.98 Å². The Hall–Kier alpha value is -0.480. The number of halogens is 2. The van der Waals surface area contributed by atoms with Crippen molar-refractivity contribution < 1.29 is 4.39 Å². The summed E-state index contributed by atoms with van der Waals surface area (Å²) in [7, 11) is 0. The van der Waals surface area contributed by atoms with Crippen molar-refractivity contribution in [1.29, 1.82) is 0 Å². The average molecular weight is 261 g/mol. The van der Waals surface area contributed by atoms with Gasteiger partial charge in [-0.2, -0.15) is 11.8 Å². The molecular formula is C11H14ClFN2S. The Morgan fingerprint density at radius 2 is 2.50 bits per heavy atom. The minimum atomic E-state index is -0.321. The van der Waals surface area contributed by atoms with E-state index in [4.69, 9.17) is 11.6 Å². The fourth-order valence-electron chi connectivity index (χ4n) is 1.87. The van der Waals surface area contributed by atoms with Crippen molar-refractivity contribution in [2.45, 2.75) is 18.1 Å². The van der Waals surface area contributed by atoms with E-state index in [1.165, 1.54) is 12.3 Å². The Morgan fingerprint density at radius 1 is 1.69 bits per heavy atom. The largest absolute Gasteiger partial charge is 0.354 e. The van der Waals surface area contributed by atoms with Crippen LogP contribution in [-0.4, -0.2) is 29.1 Å². The van der Waals surface area contributed by atoms with Crippen molar-refractivity contribution in [3.63, 3.8) is 0 Å². The van der Waals surface area contributed by atoms with Crippen LogP contribution in [0.1, 0.15) is 12.5 Å². The first-order valence-corrected chi connectivity index (χ1v) is 6.86. The zero-order chi connectivity index (χ0) is 11.5. The summed E-state index contributed by atoms with van der Waals surface area (Å²) < 4.78 is 13.0. The molecule has 1 atom stereocenters. The van der Waals surface area contributed by atoms with Gasteiger partial charge in [-0.15, -0.1) is 11.6 Å². The number of alkyl halides is 1. The molecule has 1 unspecified atom stereocenters. The maximum Gasteiger partial charge on any atom is 0.141 e. The Bertz CT molecular complexity index is 375. The van der Waals surface area contributed by atoms with E-state index >= 15 is 0 Å². The Morgan fingerprint density at radius 3 is 3.19 bits per heavy atom. The predicted molar refractivity (Wildman–Crippen MR) is 67.9 cm³/mol. The standard InChI is InChI=1S/C11H14ClFN2S/c1-8-7-15(2-3-16-8)11-9(5-12)4-10(13)6-14-11/h4,6,8H,2-3,5,7H2,1H3. The summed E-state index contributed by atoms with van der Waals surface area (Å²) in [4.78, 5) is 6.36. The van der Waals surface area contributed by atoms with Crippen LogP contribution < -0.4 is 4.90 Å². The second-order valence-electron chi connectivity index (χ2n) is 3.90. The van der Waals surface area contributed by atoms with E-state index in [2.05, 4.69) is 16.8 Å². The van der Waals surface area contributed by atoms with E-state index in [-0.39, 0.29) is 5.82 Å². The number of rotatable bonds is 2. The lowest BCUT2D eigenvalue weighted by molar-refractivity contribution is 0.618. The number of thioether (sulfide) groups is 1. The minimum Gasteiger partial charge on any atom is -0.354 e. The topological polar surface area (TPSA) is 16.1 Å². The molecule has 1 aliphatic rings. The lowest BCUT2D eigenvalue weighted by Gasteiger charge is -2.32. The predicted octanol–water partition coefficient (Wildman–Crippen LogP) is 2.90. The molecule has 2 nitrogen and oxygen atoms in total. The highest BCUT2D eigenvalue weighted by Gasteiger charge is 2.20. The Balaban J connectivity index is 2.24. The molecule has 88 valence electrons. The van der Waals surface area contributed by atoms with Crippen LogP contribution in [-0.2, 0) is 5.88 Å². The van der Waals surface area contributed by atoms with Gasteiger partial charge in [0, 0.05) is 29.7 Å². The molecule has 0 saturated carbocycles. The number of aromatic nitrogens is 1. The third-order valence-electron chi connectivity index (χ3n) is 2.59. The maximum absolute atomic E-state index is 13.0. The smallest absolute Gasteiger partial charge is 0.141 e. The first kappa shape index (κ1) is 12.0. The van der Waals surface area contributed by atoms with Crippen molar-refractivity contribution >= 4 is 29.2 Å². The molecule has 2 heterocycles. The number of nitrogens with zero attached hydrogens (tertiary/aromatic N) is 2. The molecule has 0 amide bonds. The number of anilines is 1. The normalized spacial score (nSPS) is 21.2. The molecule has 1 fully saturated rings. The van der Waals surface area contributed by atoms with Crippen molar-refractivity contribution in [2.75, 3.05) is 23.7 Å².